The maximum absolute atomic E-state index is 13.4. The minimum atomic E-state index is -0.857. The van der Waals surface area contributed by atoms with Crippen LogP contribution in [0.5, 0.6) is 0 Å². The van der Waals surface area contributed by atoms with E-state index in [9.17, 15) is 18.4 Å². The van der Waals surface area contributed by atoms with E-state index in [0.29, 0.717) is 36.4 Å². The zero-order valence-corrected chi connectivity index (χ0v) is 15.7. The smallest absolute Gasteiger partial charge is 0.251 e. The Bertz CT molecular complexity index is 872. The minimum absolute atomic E-state index is 0.110. The number of halogens is 2. The molecule has 2 aromatic rings. The van der Waals surface area contributed by atoms with Gasteiger partial charge in [0, 0.05) is 49.1 Å². The summed E-state index contributed by atoms with van der Waals surface area (Å²) in [5.41, 5.74) is 1.71. The Morgan fingerprint density at radius 2 is 1.96 bits per heavy atom. The van der Waals surface area contributed by atoms with Gasteiger partial charge in [0.25, 0.3) is 5.91 Å². The van der Waals surface area contributed by atoms with E-state index in [1.807, 2.05) is 4.90 Å². The van der Waals surface area contributed by atoms with Crippen LogP contribution in [0.1, 0.15) is 30.1 Å². The van der Waals surface area contributed by atoms with Crippen LogP contribution in [0.15, 0.2) is 42.5 Å². The fraction of sp³-hybridized carbons (Fsp3) is 0.333. The average Bonchev–Trinajstić information content (AvgIpc) is 3.17. The molecule has 2 aromatic carbocycles. The average molecular weight is 387 g/mol. The molecule has 2 N–H and O–H groups in total. The molecule has 0 saturated carbocycles. The minimum Gasteiger partial charge on any atom is -0.371 e. The maximum Gasteiger partial charge on any atom is 0.251 e. The number of hydrogen-bond acceptors (Lipinski definition) is 3. The molecular weight excluding hydrogens is 364 g/mol. The van der Waals surface area contributed by atoms with Crippen LogP contribution < -0.4 is 15.5 Å². The summed E-state index contributed by atoms with van der Waals surface area (Å²) in [6.45, 7) is 3.64. The van der Waals surface area contributed by atoms with Gasteiger partial charge in [0.1, 0.15) is 0 Å². The molecule has 1 heterocycles. The number of anilines is 2. The molecule has 5 nitrogen and oxygen atoms in total. The van der Waals surface area contributed by atoms with Crippen LogP contribution in [0.2, 0.25) is 0 Å². The molecule has 1 atom stereocenters. The number of hydrogen-bond donors (Lipinski definition) is 2. The fourth-order valence-electron chi connectivity index (χ4n) is 3.24. The topological polar surface area (TPSA) is 61.4 Å². The van der Waals surface area contributed by atoms with Crippen molar-refractivity contribution >= 4 is 23.2 Å². The second-order valence-electron chi connectivity index (χ2n) is 6.89. The predicted molar refractivity (Wildman–Crippen MR) is 104 cm³/mol. The van der Waals surface area contributed by atoms with Crippen molar-refractivity contribution in [1.82, 2.24) is 5.32 Å². The van der Waals surface area contributed by atoms with Crippen molar-refractivity contribution in [3.05, 3.63) is 59.7 Å². The van der Waals surface area contributed by atoms with Crippen molar-refractivity contribution in [2.45, 2.75) is 19.8 Å². The van der Waals surface area contributed by atoms with Gasteiger partial charge in [0.15, 0.2) is 11.6 Å². The van der Waals surface area contributed by atoms with Gasteiger partial charge in [0.05, 0.1) is 0 Å². The Morgan fingerprint density at radius 3 is 2.71 bits per heavy atom. The molecule has 2 amide bonds. The third kappa shape index (κ3) is 4.85. The van der Waals surface area contributed by atoms with Crippen molar-refractivity contribution in [2.24, 2.45) is 5.92 Å². The molecule has 1 aliphatic rings. The first-order valence-corrected chi connectivity index (χ1v) is 9.34. The van der Waals surface area contributed by atoms with E-state index in [2.05, 4.69) is 10.6 Å². The van der Waals surface area contributed by atoms with Gasteiger partial charge in [-0.1, -0.05) is 13.0 Å². The van der Waals surface area contributed by atoms with Crippen molar-refractivity contribution in [2.75, 3.05) is 29.9 Å². The molecule has 1 unspecified atom stereocenters. The first kappa shape index (κ1) is 19.8. The second-order valence-corrected chi connectivity index (χ2v) is 6.89. The Labute approximate surface area is 162 Å². The van der Waals surface area contributed by atoms with Crippen LogP contribution in [-0.4, -0.2) is 31.4 Å². The van der Waals surface area contributed by atoms with Gasteiger partial charge in [-0.25, -0.2) is 8.78 Å². The molecule has 1 aliphatic heterocycles. The van der Waals surface area contributed by atoms with E-state index in [1.165, 1.54) is 6.07 Å². The summed E-state index contributed by atoms with van der Waals surface area (Å²) in [4.78, 5) is 25.9. The summed E-state index contributed by atoms with van der Waals surface area (Å²) in [7, 11) is 0. The van der Waals surface area contributed by atoms with Crippen molar-refractivity contribution in [3.63, 3.8) is 0 Å². The zero-order valence-electron chi connectivity index (χ0n) is 15.7. The Balaban J connectivity index is 1.53. The van der Waals surface area contributed by atoms with Gasteiger partial charge in [-0.05, 0) is 42.7 Å². The molecule has 148 valence electrons. The van der Waals surface area contributed by atoms with E-state index in [-0.39, 0.29) is 17.7 Å². The number of carbonyl (C=O) groups excluding carboxylic acids is 2. The summed E-state index contributed by atoms with van der Waals surface area (Å²) in [6.07, 6.45) is 1.22. The largest absolute Gasteiger partial charge is 0.371 e. The highest BCUT2D eigenvalue weighted by molar-refractivity contribution is 5.97. The highest BCUT2D eigenvalue weighted by Crippen LogP contribution is 2.25. The summed E-state index contributed by atoms with van der Waals surface area (Å²) in [5.74, 6) is -1.81. The third-order valence-corrected chi connectivity index (χ3v) is 4.84. The molecular formula is C21H23F2N3O2. The normalized spacial score (nSPS) is 16.1. The van der Waals surface area contributed by atoms with E-state index < -0.39 is 11.6 Å². The van der Waals surface area contributed by atoms with E-state index in [1.54, 1.807) is 37.3 Å². The second kappa shape index (κ2) is 8.82. The molecule has 0 aromatic heterocycles. The number of rotatable bonds is 6. The molecule has 7 heteroatoms. The van der Waals surface area contributed by atoms with E-state index >= 15 is 0 Å². The molecule has 0 spiro atoms. The quantitative estimate of drug-likeness (QED) is 0.797. The van der Waals surface area contributed by atoms with Crippen LogP contribution in [-0.2, 0) is 4.79 Å². The number of benzene rings is 2. The fourth-order valence-corrected chi connectivity index (χ4v) is 3.24. The lowest BCUT2D eigenvalue weighted by Crippen LogP contribution is -2.31. The summed E-state index contributed by atoms with van der Waals surface area (Å²) < 4.78 is 26.5. The standard InChI is InChI=1S/C21H23F2N3O2/c1-2-20(27)25-16-5-3-4-15(10-16)21(28)24-12-14-8-9-26(13-14)17-6-7-18(22)19(23)11-17/h3-7,10-11,14H,2,8-9,12-13H2,1H3,(H,24,28)(H,25,27). The Morgan fingerprint density at radius 1 is 1.14 bits per heavy atom. The van der Waals surface area contributed by atoms with E-state index in [4.69, 9.17) is 0 Å². The van der Waals surface area contributed by atoms with Crippen molar-refractivity contribution in [3.8, 4) is 0 Å². The molecule has 0 bridgehead atoms. The molecule has 0 radical (unpaired) electrons. The number of amides is 2. The van der Waals surface area contributed by atoms with Gasteiger partial charge in [0.2, 0.25) is 5.91 Å². The summed E-state index contributed by atoms with van der Waals surface area (Å²) in [6, 6.07) is 10.7. The lowest BCUT2D eigenvalue weighted by atomic mass is 10.1. The highest BCUT2D eigenvalue weighted by atomic mass is 19.2. The number of nitrogens with zero attached hydrogens (tertiary/aromatic N) is 1. The lowest BCUT2D eigenvalue weighted by Gasteiger charge is -2.19. The third-order valence-electron chi connectivity index (χ3n) is 4.84. The van der Waals surface area contributed by atoms with Crippen LogP contribution in [0.3, 0.4) is 0 Å². The summed E-state index contributed by atoms with van der Waals surface area (Å²) in [5, 5.41) is 5.65. The predicted octanol–water partition coefficient (Wildman–Crippen LogP) is 3.57. The molecule has 0 aliphatic carbocycles. The Hall–Kier alpha value is -2.96. The summed E-state index contributed by atoms with van der Waals surface area (Å²) >= 11 is 0. The van der Waals surface area contributed by atoms with Crippen LogP contribution >= 0.6 is 0 Å². The van der Waals surface area contributed by atoms with E-state index in [0.717, 1.165) is 19.0 Å². The van der Waals surface area contributed by atoms with Gasteiger partial charge < -0.3 is 15.5 Å². The zero-order chi connectivity index (χ0) is 20.1. The monoisotopic (exact) mass is 387 g/mol. The highest BCUT2D eigenvalue weighted by Gasteiger charge is 2.24. The maximum atomic E-state index is 13.4. The SMILES string of the molecule is CCC(=O)Nc1cccc(C(=O)NCC2CCN(c3ccc(F)c(F)c3)C2)c1. The Kier molecular flexibility index (Phi) is 6.23. The lowest BCUT2D eigenvalue weighted by molar-refractivity contribution is -0.115. The van der Waals surface area contributed by atoms with Gasteiger partial charge in [-0.2, -0.15) is 0 Å². The van der Waals surface area contributed by atoms with Crippen LogP contribution in [0.4, 0.5) is 20.2 Å². The molecule has 3 rings (SSSR count). The first-order chi connectivity index (χ1) is 13.5. The first-order valence-electron chi connectivity index (χ1n) is 9.34. The van der Waals surface area contributed by atoms with Crippen LogP contribution in [0, 0.1) is 17.6 Å². The van der Waals surface area contributed by atoms with Crippen molar-refractivity contribution in [1.29, 1.82) is 0 Å². The number of nitrogens with one attached hydrogen (secondary N) is 2. The van der Waals surface area contributed by atoms with Crippen molar-refractivity contribution < 1.29 is 18.4 Å². The molecule has 28 heavy (non-hydrogen) atoms. The molecule has 1 fully saturated rings. The van der Waals surface area contributed by atoms with Crippen LogP contribution in [0.25, 0.3) is 0 Å². The van der Waals surface area contributed by atoms with Gasteiger partial charge in [-0.15, -0.1) is 0 Å². The number of carbonyl (C=O) groups is 2. The molecule has 1 saturated heterocycles. The van der Waals surface area contributed by atoms with Gasteiger partial charge in [-0.3, -0.25) is 9.59 Å². The van der Waals surface area contributed by atoms with Gasteiger partial charge >= 0.3 is 0 Å².